The number of carbonyl (C=O) groups is 2. The van der Waals surface area contributed by atoms with E-state index < -0.39 is 5.92 Å². The van der Waals surface area contributed by atoms with E-state index in [1.165, 1.54) is 16.0 Å². The van der Waals surface area contributed by atoms with Gasteiger partial charge in [-0.3, -0.25) is 24.4 Å². The van der Waals surface area contributed by atoms with E-state index in [4.69, 9.17) is 23.8 Å². The Bertz CT molecular complexity index is 608. The Labute approximate surface area is 133 Å². The molecule has 1 aromatic carbocycles. The van der Waals surface area contributed by atoms with Gasteiger partial charge in [0, 0.05) is 25.3 Å². The number of halogens is 1. The van der Waals surface area contributed by atoms with E-state index in [0.29, 0.717) is 11.6 Å². The van der Waals surface area contributed by atoms with Crippen LogP contribution in [0, 0.1) is 5.92 Å². The summed E-state index contributed by atoms with van der Waals surface area (Å²) in [4.78, 5) is 30.9. The van der Waals surface area contributed by atoms with Crippen molar-refractivity contribution >= 4 is 47.0 Å². The third-order valence-electron chi connectivity index (χ3n) is 3.24. The summed E-state index contributed by atoms with van der Waals surface area (Å²) in [5, 5.41) is 0.798. The lowest BCUT2D eigenvalue weighted by molar-refractivity contribution is -0.142. The predicted molar refractivity (Wildman–Crippen MR) is 85.3 cm³/mol. The molecule has 21 heavy (non-hydrogen) atoms. The van der Waals surface area contributed by atoms with Crippen LogP contribution in [0.25, 0.3) is 0 Å². The fourth-order valence-corrected chi connectivity index (χ4v) is 2.32. The summed E-state index contributed by atoms with van der Waals surface area (Å²) in [5.74, 6) is -1.67. The van der Waals surface area contributed by atoms with E-state index in [1.807, 2.05) is 18.2 Å². The molecule has 1 saturated heterocycles. The van der Waals surface area contributed by atoms with E-state index in [0.717, 1.165) is 5.56 Å². The van der Waals surface area contributed by atoms with E-state index in [-0.39, 0.29) is 16.9 Å². The molecule has 110 valence electrons. The fraction of sp³-hybridized carbons (Fsp3) is 0.286. The third kappa shape index (κ3) is 3.11. The van der Waals surface area contributed by atoms with Gasteiger partial charge in [0.25, 0.3) is 0 Å². The van der Waals surface area contributed by atoms with E-state index in [2.05, 4.69) is 4.99 Å². The molecule has 0 radical (unpaired) electrons. The zero-order valence-electron chi connectivity index (χ0n) is 11.6. The van der Waals surface area contributed by atoms with E-state index >= 15 is 0 Å². The molecule has 1 aliphatic rings. The van der Waals surface area contributed by atoms with Gasteiger partial charge in [0.1, 0.15) is 0 Å². The summed E-state index contributed by atoms with van der Waals surface area (Å²) in [7, 11) is 3.09. The maximum Gasteiger partial charge on any atom is 0.246 e. The summed E-state index contributed by atoms with van der Waals surface area (Å²) in [5.41, 5.74) is 0.836. The minimum atomic E-state index is -0.936. The van der Waals surface area contributed by atoms with Crippen LogP contribution in [0.3, 0.4) is 0 Å². The van der Waals surface area contributed by atoms with Crippen molar-refractivity contribution in [2.75, 3.05) is 14.1 Å². The topological polar surface area (TPSA) is 53.0 Å². The van der Waals surface area contributed by atoms with Crippen molar-refractivity contribution in [1.82, 2.24) is 9.80 Å². The largest absolute Gasteiger partial charge is 0.291 e. The maximum absolute atomic E-state index is 12.1. The molecule has 0 aliphatic carbocycles. The molecule has 1 heterocycles. The molecule has 0 atom stereocenters. The molecule has 0 spiro atoms. The Morgan fingerprint density at radius 2 is 1.81 bits per heavy atom. The van der Waals surface area contributed by atoms with Crippen LogP contribution in [-0.2, 0) is 16.1 Å². The van der Waals surface area contributed by atoms with Gasteiger partial charge in [-0.2, -0.15) is 0 Å². The average Bonchev–Trinajstić information content (AvgIpc) is 2.48. The number of benzene rings is 1. The summed E-state index contributed by atoms with van der Waals surface area (Å²) in [6.45, 7) is 0.314. The van der Waals surface area contributed by atoms with Crippen LogP contribution < -0.4 is 0 Å². The minimum absolute atomic E-state index is 0.195. The molecule has 0 bridgehead atoms. The third-order valence-corrected chi connectivity index (χ3v) is 4.16. The first kappa shape index (κ1) is 15.6. The fourth-order valence-electron chi connectivity index (χ4n) is 1.95. The number of amides is 2. The van der Waals surface area contributed by atoms with Crippen LogP contribution in [0.15, 0.2) is 29.3 Å². The van der Waals surface area contributed by atoms with Gasteiger partial charge < -0.3 is 0 Å². The van der Waals surface area contributed by atoms with Crippen LogP contribution in [-0.4, -0.2) is 47.0 Å². The number of hydrogen-bond acceptors (Lipinski definition) is 4. The zero-order valence-corrected chi connectivity index (χ0v) is 13.2. The Morgan fingerprint density at radius 3 is 2.38 bits per heavy atom. The van der Waals surface area contributed by atoms with Gasteiger partial charge in [-0.25, -0.2) is 0 Å². The molecule has 0 N–H and O–H groups in total. The van der Waals surface area contributed by atoms with Gasteiger partial charge >= 0.3 is 0 Å². The molecular formula is C14H14ClN3O2S. The molecule has 1 aromatic rings. The molecule has 2 rings (SSSR count). The normalized spacial score (nSPS) is 17.2. The lowest BCUT2D eigenvalue weighted by Gasteiger charge is -2.33. The Kier molecular flexibility index (Phi) is 4.69. The Hall–Kier alpha value is -1.79. The number of thiocarbonyl (C=S) groups is 1. The SMILES string of the molecule is CN1C(=O)C(C=NCc2ccccc2Cl)C(=O)N(C)C1=S. The second-order valence-corrected chi connectivity index (χ2v) is 5.41. The smallest absolute Gasteiger partial charge is 0.246 e. The molecular weight excluding hydrogens is 310 g/mol. The Morgan fingerprint density at radius 1 is 1.24 bits per heavy atom. The van der Waals surface area contributed by atoms with Crippen LogP contribution in [0.2, 0.25) is 5.02 Å². The maximum atomic E-state index is 12.1. The molecule has 1 fully saturated rings. The molecule has 5 nitrogen and oxygen atoms in total. The highest BCUT2D eigenvalue weighted by Crippen LogP contribution is 2.17. The van der Waals surface area contributed by atoms with Gasteiger partial charge in [-0.1, -0.05) is 29.8 Å². The molecule has 0 saturated carbocycles. The van der Waals surface area contributed by atoms with Crippen molar-refractivity contribution in [1.29, 1.82) is 0 Å². The molecule has 1 aliphatic heterocycles. The van der Waals surface area contributed by atoms with Crippen molar-refractivity contribution in [3.63, 3.8) is 0 Å². The molecule has 0 unspecified atom stereocenters. The van der Waals surface area contributed by atoms with Gasteiger partial charge in [0.2, 0.25) is 11.8 Å². The first-order valence-electron chi connectivity index (χ1n) is 6.26. The van der Waals surface area contributed by atoms with E-state index in [9.17, 15) is 9.59 Å². The van der Waals surface area contributed by atoms with Gasteiger partial charge in [-0.05, 0) is 23.8 Å². The van der Waals surface area contributed by atoms with Crippen molar-refractivity contribution in [2.45, 2.75) is 6.54 Å². The molecule has 0 aromatic heterocycles. The lowest BCUT2D eigenvalue weighted by atomic mass is 10.1. The van der Waals surface area contributed by atoms with Crippen molar-refractivity contribution in [3.8, 4) is 0 Å². The molecule has 7 heteroatoms. The highest BCUT2D eigenvalue weighted by Gasteiger charge is 2.39. The first-order valence-corrected chi connectivity index (χ1v) is 7.04. The monoisotopic (exact) mass is 323 g/mol. The number of nitrogens with zero attached hydrogens (tertiary/aromatic N) is 3. The second kappa shape index (κ2) is 6.32. The quantitative estimate of drug-likeness (QED) is 0.484. The van der Waals surface area contributed by atoms with Crippen LogP contribution in [0.4, 0.5) is 0 Å². The van der Waals surface area contributed by atoms with Crippen molar-refractivity contribution in [2.24, 2.45) is 10.9 Å². The second-order valence-electron chi connectivity index (χ2n) is 4.64. The predicted octanol–water partition coefficient (Wildman–Crippen LogP) is 1.74. The minimum Gasteiger partial charge on any atom is -0.291 e. The summed E-state index contributed by atoms with van der Waals surface area (Å²) in [6.07, 6.45) is 1.36. The highest BCUT2D eigenvalue weighted by molar-refractivity contribution is 7.80. The number of hydrogen-bond donors (Lipinski definition) is 0. The van der Waals surface area contributed by atoms with Crippen molar-refractivity contribution in [3.05, 3.63) is 34.9 Å². The van der Waals surface area contributed by atoms with Crippen molar-refractivity contribution < 1.29 is 9.59 Å². The summed E-state index contributed by atoms with van der Waals surface area (Å²) < 4.78 is 0. The zero-order chi connectivity index (χ0) is 15.6. The van der Waals surface area contributed by atoms with Gasteiger partial charge in [0.05, 0.1) is 6.54 Å². The lowest BCUT2D eigenvalue weighted by Crippen LogP contribution is -2.57. The number of aliphatic imine (C=N–C) groups is 1. The van der Waals surface area contributed by atoms with Crippen LogP contribution >= 0.6 is 23.8 Å². The highest BCUT2D eigenvalue weighted by atomic mass is 35.5. The molecule has 2 amide bonds. The van der Waals surface area contributed by atoms with Gasteiger partial charge in [-0.15, -0.1) is 0 Å². The standard InChI is InChI=1S/C14H14ClN3O2S/c1-17-12(19)10(13(20)18(2)14(17)21)8-16-7-9-5-3-4-6-11(9)15/h3-6,8,10H,7H2,1-2H3. The number of carbonyl (C=O) groups excluding carboxylic acids is 2. The average molecular weight is 324 g/mol. The first-order chi connectivity index (χ1) is 9.93. The van der Waals surface area contributed by atoms with Crippen LogP contribution in [0.5, 0.6) is 0 Å². The van der Waals surface area contributed by atoms with E-state index in [1.54, 1.807) is 20.2 Å². The summed E-state index contributed by atoms with van der Waals surface area (Å²) in [6, 6.07) is 7.29. The summed E-state index contributed by atoms with van der Waals surface area (Å²) >= 11 is 11.0. The van der Waals surface area contributed by atoms with Crippen LogP contribution in [0.1, 0.15) is 5.56 Å². The van der Waals surface area contributed by atoms with Gasteiger partial charge in [0.15, 0.2) is 11.0 Å². The number of rotatable bonds is 3. The Balaban J connectivity index is 2.13.